The molecule has 1 saturated heterocycles. The summed E-state index contributed by atoms with van der Waals surface area (Å²) in [6.07, 6.45) is 4.47. The van der Waals surface area contributed by atoms with Crippen molar-refractivity contribution < 1.29 is 14.3 Å². The summed E-state index contributed by atoms with van der Waals surface area (Å²) in [6.45, 7) is 1.84. The quantitative estimate of drug-likeness (QED) is 0.849. The maximum atomic E-state index is 12.8. The van der Waals surface area contributed by atoms with Crippen LogP contribution in [0.15, 0.2) is 48.5 Å². The Labute approximate surface area is 148 Å². The number of fused-ring (bicyclic) bond motifs is 1. The molecule has 0 N–H and O–H groups in total. The van der Waals surface area contributed by atoms with Crippen LogP contribution in [-0.4, -0.2) is 30.7 Å². The Bertz CT molecular complexity index is 736. The van der Waals surface area contributed by atoms with Crippen molar-refractivity contribution in [3.63, 3.8) is 0 Å². The summed E-state index contributed by atoms with van der Waals surface area (Å²) in [5.74, 6) is 2.02. The molecule has 1 fully saturated rings. The lowest BCUT2D eigenvalue weighted by Gasteiger charge is -2.32. The fraction of sp³-hybridized carbons (Fsp3) is 0.381. The topological polar surface area (TPSA) is 38.8 Å². The van der Waals surface area contributed by atoms with Crippen LogP contribution < -0.4 is 9.47 Å². The van der Waals surface area contributed by atoms with Crippen molar-refractivity contribution in [3.05, 3.63) is 59.7 Å². The van der Waals surface area contributed by atoms with E-state index in [1.807, 2.05) is 23.1 Å². The second kappa shape index (κ2) is 7.18. The Balaban J connectivity index is 1.33. The fourth-order valence-electron chi connectivity index (χ4n) is 3.71. The van der Waals surface area contributed by atoms with Gasteiger partial charge in [0.1, 0.15) is 0 Å². The van der Waals surface area contributed by atoms with Gasteiger partial charge in [-0.1, -0.05) is 36.4 Å². The van der Waals surface area contributed by atoms with Crippen molar-refractivity contribution >= 4 is 5.91 Å². The molecule has 0 aromatic heterocycles. The molecule has 2 aliphatic heterocycles. The van der Waals surface area contributed by atoms with Gasteiger partial charge in [-0.25, -0.2) is 0 Å². The van der Waals surface area contributed by atoms with Crippen LogP contribution in [0.25, 0.3) is 0 Å². The van der Waals surface area contributed by atoms with Gasteiger partial charge in [-0.05, 0) is 49.3 Å². The summed E-state index contributed by atoms with van der Waals surface area (Å²) in [4.78, 5) is 14.8. The summed E-state index contributed by atoms with van der Waals surface area (Å²) < 4.78 is 10.9. The number of hydrogen-bond donors (Lipinski definition) is 0. The van der Waals surface area contributed by atoms with Crippen LogP contribution in [0, 0.1) is 5.92 Å². The van der Waals surface area contributed by atoms with E-state index in [1.165, 1.54) is 12.0 Å². The van der Waals surface area contributed by atoms with Crippen LogP contribution in [0.4, 0.5) is 0 Å². The largest absolute Gasteiger partial charge is 0.454 e. The molecule has 4 rings (SSSR count). The Morgan fingerprint density at radius 3 is 2.60 bits per heavy atom. The first-order valence-electron chi connectivity index (χ1n) is 9.03. The Morgan fingerprint density at radius 1 is 1.00 bits per heavy atom. The summed E-state index contributed by atoms with van der Waals surface area (Å²) in [7, 11) is 0. The molecule has 0 radical (unpaired) electrons. The molecule has 0 spiro atoms. The van der Waals surface area contributed by atoms with Crippen molar-refractivity contribution in [1.82, 2.24) is 4.90 Å². The van der Waals surface area contributed by atoms with Gasteiger partial charge in [0.05, 0.1) is 5.56 Å². The number of carbonyl (C=O) groups excluding carboxylic acids is 1. The number of piperidine rings is 1. The molecule has 2 heterocycles. The van der Waals surface area contributed by atoms with Crippen molar-refractivity contribution in [3.8, 4) is 11.5 Å². The summed E-state index contributed by atoms with van der Waals surface area (Å²) in [6, 6.07) is 16.2. The average molecular weight is 337 g/mol. The highest BCUT2D eigenvalue weighted by Crippen LogP contribution is 2.36. The van der Waals surface area contributed by atoms with Gasteiger partial charge >= 0.3 is 0 Å². The zero-order valence-corrected chi connectivity index (χ0v) is 14.3. The monoisotopic (exact) mass is 337 g/mol. The fourth-order valence-corrected chi connectivity index (χ4v) is 3.71. The second-order valence-electron chi connectivity index (χ2n) is 6.80. The minimum absolute atomic E-state index is 0.0591. The minimum atomic E-state index is 0.0591. The van der Waals surface area contributed by atoms with E-state index in [9.17, 15) is 4.79 Å². The van der Waals surface area contributed by atoms with E-state index in [1.54, 1.807) is 0 Å². The van der Waals surface area contributed by atoms with Crippen LogP contribution in [0.1, 0.15) is 35.2 Å². The first-order chi connectivity index (χ1) is 12.3. The number of ether oxygens (including phenoxy) is 2. The maximum Gasteiger partial charge on any atom is 0.257 e. The molecular weight excluding hydrogens is 314 g/mol. The summed E-state index contributed by atoms with van der Waals surface area (Å²) in [5, 5.41) is 0. The van der Waals surface area contributed by atoms with Crippen LogP contribution in [0.5, 0.6) is 11.5 Å². The number of rotatable bonds is 4. The van der Waals surface area contributed by atoms with Crippen molar-refractivity contribution in [2.24, 2.45) is 5.92 Å². The van der Waals surface area contributed by atoms with E-state index in [2.05, 4.69) is 30.3 Å². The predicted molar refractivity (Wildman–Crippen MR) is 96.0 cm³/mol. The highest BCUT2D eigenvalue weighted by Gasteiger charge is 2.28. The van der Waals surface area contributed by atoms with Gasteiger partial charge in [0.25, 0.3) is 5.91 Å². The van der Waals surface area contributed by atoms with Gasteiger partial charge in [0.2, 0.25) is 6.79 Å². The number of benzene rings is 2. The average Bonchev–Trinajstić information content (AvgIpc) is 3.16. The van der Waals surface area contributed by atoms with E-state index in [4.69, 9.17) is 9.47 Å². The molecule has 0 atom stereocenters. The van der Waals surface area contributed by atoms with Gasteiger partial charge in [0, 0.05) is 13.1 Å². The smallest absolute Gasteiger partial charge is 0.257 e. The maximum absolute atomic E-state index is 12.8. The highest BCUT2D eigenvalue weighted by atomic mass is 16.7. The predicted octanol–water partition coefficient (Wildman–Crippen LogP) is 3.90. The molecule has 0 saturated carbocycles. The third kappa shape index (κ3) is 3.48. The van der Waals surface area contributed by atoms with E-state index >= 15 is 0 Å². The highest BCUT2D eigenvalue weighted by molar-refractivity contribution is 5.98. The molecule has 1 amide bonds. The number of hydrogen-bond acceptors (Lipinski definition) is 3. The van der Waals surface area contributed by atoms with E-state index in [-0.39, 0.29) is 12.7 Å². The molecule has 4 heteroatoms. The molecule has 4 nitrogen and oxygen atoms in total. The lowest BCUT2D eigenvalue weighted by Crippen LogP contribution is -2.38. The second-order valence-corrected chi connectivity index (χ2v) is 6.80. The molecule has 0 bridgehead atoms. The van der Waals surface area contributed by atoms with Gasteiger partial charge in [-0.3, -0.25) is 4.79 Å². The third-order valence-corrected chi connectivity index (χ3v) is 5.21. The standard InChI is InChI=1S/C21H23NO3/c23-21(18-7-4-8-19-20(18)25-15-24-19)22-13-11-17(12-14-22)10-9-16-5-2-1-3-6-16/h1-8,17H,9-15H2. The van der Waals surface area contributed by atoms with Gasteiger partial charge in [-0.2, -0.15) is 0 Å². The van der Waals surface area contributed by atoms with E-state index in [0.717, 1.165) is 32.4 Å². The van der Waals surface area contributed by atoms with Crippen LogP contribution in [0.3, 0.4) is 0 Å². The minimum Gasteiger partial charge on any atom is -0.454 e. The number of nitrogens with zero attached hydrogens (tertiary/aromatic N) is 1. The Hall–Kier alpha value is -2.49. The van der Waals surface area contributed by atoms with Crippen molar-refractivity contribution in [1.29, 1.82) is 0 Å². The van der Waals surface area contributed by atoms with Crippen molar-refractivity contribution in [2.75, 3.05) is 19.9 Å². The van der Waals surface area contributed by atoms with Crippen LogP contribution in [0.2, 0.25) is 0 Å². The summed E-state index contributed by atoms with van der Waals surface area (Å²) >= 11 is 0. The summed E-state index contributed by atoms with van der Waals surface area (Å²) in [5.41, 5.74) is 2.02. The number of amides is 1. The molecule has 25 heavy (non-hydrogen) atoms. The van der Waals surface area contributed by atoms with Gasteiger partial charge in [0.15, 0.2) is 11.5 Å². The van der Waals surface area contributed by atoms with E-state index in [0.29, 0.717) is 23.0 Å². The Morgan fingerprint density at radius 2 is 1.80 bits per heavy atom. The zero-order valence-electron chi connectivity index (χ0n) is 14.3. The molecule has 2 aromatic carbocycles. The van der Waals surface area contributed by atoms with Gasteiger partial charge in [-0.15, -0.1) is 0 Å². The molecule has 2 aliphatic rings. The molecule has 2 aromatic rings. The van der Waals surface area contributed by atoms with Crippen LogP contribution in [-0.2, 0) is 6.42 Å². The zero-order chi connectivity index (χ0) is 17.1. The van der Waals surface area contributed by atoms with Crippen molar-refractivity contribution in [2.45, 2.75) is 25.7 Å². The van der Waals surface area contributed by atoms with E-state index < -0.39 is 0 Å². The lowest BCUT2D eigenvalue weighted by atomic mass is 9.90. The lowest BCUT2D eigenvalue weighted by molar-refractivity contribution is 0.0682. The third-order valence-electron chi connectivity index (χ3n) is 5.21. The molecule has 0 unspecified atom stereocenters. The molecule has 130 valence electrons. The molecular formula is C21H23NO3. The number of likely N-dealkylation sites (tertiary alicyclic amines) is 1. The molecule has 0 aliphatic carbocycles. The van der Waals surface area contributed by atoms with Crippen LogP contribution >= 0.6 is 0 Å². The number of carbonyl (C=O) groups is 1. The Kier molecular flexibility index (Phi) is 4.59. The number of aryl methyl sites for hydroxylation is 1. The first-order valence-corrected chi connectivity index (χ1v) is 9.03. The van der Waals surface area contributed by atoms with Gasteiger partial charge < -0.3 is 14.4 Å². The first kappa shape index (κ1) is 16.0. The number of para-hydroxylation sites is 1. The SMILES string of the molecule is O=C(c1cccc2c1OCO2)N1CCC(CCc2ccccc2)CC1. The normalized spacial score (nSPS) is 16.9.